The molecular formula is C12H20OSi. The van der Waals surface area contributed by atoms with Gasteiger partial charge in [0.1, 0.15) is 0 Å². The number of hydrogen-bond acceptors (Lipinski definition) is 1. The summed E-state index contributed by atoms with van der Waals surface area (Å²) in [5.74, 6) is 0. The topological polar surface area (TPSA) is 20.2 Å². The maximum atomic E-state index is 9.91. The second kappa shape index (κ2) is 4.76. The van der Waals surface area contributed by atoms with E-state index in [0.717, 1.165) is 12.8 Å². The van der Waals surface area contributed by atoms with E-state index < -0.39 is 8.07 Å². The predicted molar refractivity (Wildman–Crippen MR) is 64.1 cm³/mol. The van der Waals surface area contributed by atoms with Crippen molar-refractivity contribution in [3.05, 3.63) is 35.9 Å². The molecular weight excluding hydrogens is 188 g/mol. The van der Waals surface area contributed by atoms with Crippen molar-refractivity contribution in [1.82, 2.24) is 0 Å². The molecule has 0 spiro atoms. The molecule has 1 nitrogen and oxygen atoms in total. The van der Waals surface area contributed by atoms with Crippen LogP contribution in [0.2, 0.25) is 19.6 Å². The molecule has 0 amide bonds. The maximum absolute atomic E-state index is 9.91. The van der Waals surface area contributed by atoms with Gasteiger partial charge in [-0.1, -0.05) is 50.0 Å². The fourth-order valence-electron chi connectivity index (χ4n) is 1.38. The van der Waals surface area contributed by atoms with Crippen molar-refractivity contribution in [3.8, 4) is 0 Å². The molecule has 1 atom stereocenters. The maximum Gasteiger partial charge on any atom is 0.0781 e. The Morgan fingerprint density at radius 3 is 2.21 bits per heavy atom. The highest BCUT2D eigenvalue weighted by Crippen LogP contribution is 2.13. The van der Waals surface area contributed by atoms with Crippen molar-refractivity contribution in [1.29, 1.82) is 0 Å². The molecule has 0 aliphatic heterocycles. The normalized spacial score (nSPS) is 14.0. The van der Waals surface area contributed by atoms with E-state index in [0.29, 0.717) is 0 Å². The minimum absolute atomic E-state index is 0.0808. The van der Waals surface area contributed by atoms with Gasteiger partial charge in [-0.15, -0.1) is 0 Å². The van der Waals surface area contributed by atoms with Gasteiger partial charge < -0.3 is 5.11 Å². The lowest BCUT2D eigenvalue weighted by atomic mass is 10.1. The molecule has 1 aromatic carbocycles. The van der Waals surface area contributed by atoms with Crippen LogP contribution >= 0.6 is 0 Å². The van der Waals surface area contributed by atoms with Crippen LogP contribution in [0.1, 0.15) is 12.0 Å². The Bertz CT molecular complexity index is 263. The van der Waals surface area contributed by atoms with Crippen molar-refractivity contribution in [2.75, 3.05) is 0 Å². The van der Waals surface area contributed by atoms with E-state index in [1.54, 1.807) is 0 Å². The van der Waals surface area contributed by atoms with Crippen LogP contribution in [0.4, 0.5) is 0 Å². The summed E-state index contributed by atoms with van der Waals surface area (Å²) in [6.45, 7) is 6.63. The third kappa shape index (κ3) is 3.64. The largest absolute Gasteiger partial charge is 0.397 e. The third-order valence-electron chi connectivity index (χ3n) is 2.55. The number of aliphatic hydroxyl groups excluding tert-OH is 1. The second-order valence-electron chi connectivity index (χ2n) is 4.91. The third-order valence-corrected chi connectivity index (χ3v) is 4.84. The zero-order valence-electron chi connectivity index (χ0n) is 9.33. The highest BCUT2D eigenvalue weighted by atomic mass is 28.3. The number of benzene rings is 1. The predicted octanol–water partition coefficient (Wildman–Crippen LogP) is 2.86. The summed E-state index contributed by atoms with van der Waals surface area (Å²) in [7, 11) is -1.36. The summed E-state index contributed by atoms with van der Waals surface area (Å²) in [4.78, 5) is 0. The van der Waals surface area contributed by atoms with Gasteiger partial charge in [0, 0.05) is 5.73 Å². The standard InChI is InChI=1S/C12H20OSi/c1-14(2,3)12(13)10-9-11-7-5-4-6-8-11/h4-8,12-13H,9-10H2,1-3H3/t12-/m0/s1. The molecule has 0 bridgehead atoms. The molecule has 0 aliphatic rings. The van der Waals surface area contributed by atoms with Crippen molar-refractivity contribution in [2.45, 2.75) is 38.2 Å². The molecule has 2 heteroatoms. The average molecular weight is 208 g/mol. The molecule has 1 aromatic rings. The Balaban J connectivity index is 2.42. The summed E-state index contributed by atoms with van der Waals surface area (Å²) in [6, 6.07) is 10.4. The number of aliphatic hydroxyl groups is 1. The van der Waals surface area contributed by atoms with E-state index in [1.807, 2.05) is 6.07 Å². The van der Waals surface area contributed by atoms with E-state index in [4.69, 9.17) is 0 Å². The van der Waals surface area contributed by atoms with E-state index in [9.17, 15) is 5.11 Å². The van der Waals surface area contributed by atoms with Gasteiger partial charge in [0.15, 0.2) is 0 Å². The van der Waals surface area contributed by atoms with Crippen molar-refractivity contribution >= 4 is 8.07 Å². The molecule has 0 saturated heterocycles. The Labute approximate surface area is 87.8 Å². The molecule has 1 rings (SSSR count). The van der Waals surface area contributed by atoms with Gasteiger partial charge in [0.05, 0.1) is 8.07 Å². The van der Waals surface area contributed by atoms with Gasteiger partial charge >= 0.3 is 0 Å². The van der Waals surface area contributed by atoms with E-state index in [1.165, 1.54) is 5.56 Å². The molecule has 0 fully saturated rings. The zero-order chi connectivity index (χ0) is 10.6. The monoisotopic (exact) mass is 208 g/mol. The summed E-state index contributed by atoms with van der Waals surface area (Å²) in [6.07, 6.45) is 1.89. The van der Waals surface area contributed by atoms with Gasteiger partial charge in [-0.2, -0.15) is 0 Å². The second-order valence-corrected chi connectivity index (χ2v) is 10.3. The molecule has 14 heavy (non-hydrogen) atoms. The van der Waals surface area contributed by atoms with Crippen LogP contribution in [0.3, 0.4) is 0 Å². The quantitative estimate of drug-likeness (QED) is 0.754. The zero-order valence-corrected chi connectivity index (χ0v) is 10.3. The first-order chi connectivity index (χ1) is 6.50. The molecule has 0 unspecified atom stereocenters. The lowest BCUT2D eigenvalue weighted by Crippen LogP contribution is -2.38. The summed E-state index contributed by atoms with van der Waals surface area (Å²) >= 11 is 0. The van der Waals surface area contributed by atoms with Crippen LogP contribution in [0.15, 0.2) is 30.3 Å². The lowest BCUT2D eigenvalue weighted by Gasteiger charge is -2.23. The highest BCUT2D eigenvalue weighted by Gasteiger charge is 2.23. The number of aryl methyl sites for hydroxylation is 1. The Morgan fingerprint density at radius 2 is 1.71 bits per heavy atom. The van der Waals surface area contributed by atoms with Gasteiger partial charge in [0.25, 0.3) is 0 Å². The first-order valence-corrected chi connectivity index (χ1v) is 8.80. The summed E-state index contributed by atoms with van der Waals surface area (Å²) in [5, 5.41) is 9.91. The van der Waals surface area contributed by atoms with Crippen LogP contribution in [-0.4, -0.2) is 18.9 Å². The molecule has 0 heterocycles. The average Bonchev–Trinajstić information content (AvgIpc) is 2.14. The van der Waals surface area contributed by atoms with E-state index >= 15 is 0 Å². The highest BCUT2D eigenvalue weighted by molar-refractivity contribution is 6.77. The Hall–Kier alpha value is -0.603. The van der Waals surface area contributed by atoms with Gasteiger partial charge in [0.2, 0.25) is 0 Å². The summed E-state index contributed by atoms with van der Waals surface area (Å²) in [5.41, 5.74) is 1.24. The van der Waals surface area contributed by atoms with Crippen molar-refractivity contribution in [3.63, 3.8) is 0 Å². The molecule has 0 saturated carbocycles. The fourth-order valence-corrected chi connectivity index (χ4v) is 2.39. The molecule has 0 aliphatic carbocycles. The smallest absolute Gasteiger partial charge is 0.0781 e. The van der Waals surface area contributed by atoms with Crippen molar-refractivity contribution in [2.24, 2.45) is 0 Å². The van der Waals surface area contributed by atoms with Crippen LogP contribution in [0.25, 0.3) is 0 Å². The number of rotatable bonds is 4. The molecule has 0 aromatic heterocycles. The molecule has 78 valence electrons. The van der Waals surface area contributed by atoms with Gasteiger partial charge in [-0.05, 0) is 18.4 Å². The first-order valence-electron chi connectivity index (χ1n) is 5.22. The Morgan fingerprint density at radius 1 is 1.14 bits per heavy atom. The van der Waals surface area contributed by atoms with E-state index in [-0.39, 0.29) is 5.73 Å². The van der Waals surface area contributed by atoms with Crippen molar-refractivity contribution < 1.29 is 5.11 Å². The van der Waals surface area contributed by atoms with Crippen LogP contribution < -0.4 is 0 Å². The van der Waals surface area contributed by atoms with Crippen LogP contribution in [-0.2, 0) is 6.42 Å². The SMILES string of the molecule is C[Si](C)(C)[C@H](O)CCc1ccccc1. The first kappa shape index (κ1) is 11.5. The minimum atomic E-state index is -1.36. The number of hydrogen-bond donors (Lipinski definition) is 1. The van der Waals surface area contributed by atoms with Gasteiger partial charge in [-0.25, -0.2) is 0 Å². The van der Waals surface area contributed by atoms with Crippen LogP contribution in [0, 0.1) is 0 Å². The van der Waals surface area contributed by atoms with Crippen LogP contribution in [0.5, 0.6) is 0 Å². The minimum Gasteiger partial charge on any atom is -0.397 e. The van der Waals surface area contributed by atoms with Gasteiger partial charge in [-0.3, -0.25) is 0 Å². The fraction of sp³-hybridized carbons (Fsp3) is 0.500. The molecule has 1 N–H and O–H groups in total. The Kier molecular flexibility index (Phi) is 3.90. The lowest BCUT2D eigenvalue weighted by molar-refractivity contribution is 0.233. The summed E-state index contributed by atoms with van der Waals surface area (Å²) < 4.78 is 0. The molecule has 0 radical (unpaired) electrons. The van der Waals surface area contributed by atoms with E-state index in [2.05, 4.69) is 43.9 Å².